The van der Waals surface area contributed by atoms with E-state index in [1.807, 2.05) is 18.2 Å². The molecule has 1 saturated carbocycles. The van der Waals surface area contributed by atoms with Crippen LogP contribution in [0.3, 0.4) is 0 Å². The van der Waals surface area contributed by atoms with E-state index in [-0.39, 0.29) is 11.3 Å². The molecule has 2 heterocycles. The SMILES string of the molecule is N#CC1(C#N)[C@H](c2cccc([N+](=O)[O-])c2)O[C@@]23CCCC[C@H]2[C@]1(C#N)C(=O)N3. The zero-order valence-electron chi connectivity index (χ0n) is 14.7. The lowest BCUT2D eigenvalue weighted by molar-refractivity contribution is -0.385. The molecule has 2 aliphatic heterocycles. The fraction of sp³-hybridized carbons (Fsp3) is 0.474. The lowest BCUT2D eigenvalue weighted by atomic mass is 9.51. The second kappa shape index (κ2) is 5.76. The Hall–Kier alpha value is -3.48. The molecule has 4 atom stereocenters. The van der Waals surface area contributed by atoms with Crippen LogP contribution in [0, 0.1) is 60.9 Å². The fourth-order valence-electron chi connectivity index (χ4n) is 5.09. The molecule has 2 bridgehead atoms. The molecule has 1 aromatic carbocycles. The molecular formula is C19H15N5O4. The number of benzene rings is 1. The molecule has 0 aromatic heterocycles. The Balaban J connectivity index is 1.99. The highest BCUT2D eigenvalue weighted by atomic mass is 16.6. The van der Waals surface area contributed by atoms with Crippen molar-refractivity contribution in [1.29, 1.82) is 15.8 Å². The van der Waals surface area contributed by atoms with Crippen LogP contribution < -0.4 is 5.32 Å². The maximum absolute atomic E-state index is 13.0. The quantitative estimate of drug-likeness (QED) is 0.612. The molecule has 28 heavy (non-hydrogen) atoms. The Morgan fingerprint density at radius 1 is 1.21 bits per heavy atom. The number of amides is 1. The van der Waals surface area contributed by atoms with Gasteiger partial charge in [-0.25, -0.2) is 0 Å². The number of nitro benzene ring substituents is 1. The summed E-state index contributed by atoms with van der Waals surface area (Å²) in [5.74, 6) is -1.32. The van der Waals surface area contributed by atoms with Gasteiger partial charge in [0, 0.05) is 18.1 Å². The summed E-state index contributed by atoms with van der Waals surface area (Å²) < 4.78 is 6.23. The van der Waals surface area contributed by atoms with Crippen molar-refractivity contribution in [3.05, 3.63) is 39.9 Å². The lowest BCUT2D eigenvalue weighted by Crippen LogP contribution is -2.61. The molecule has 1 aliphatic carbocycles. The van der Waals surface area contributed by atoms with Gasteiger partial charge < -0.3 is 10.1 Å². The van der Waals surface area contributed by atoms with Gasteiger partial charge in [0.25, 0.3) is 5.69 Å². The molecule has 4 rings (SSSR count). The first-order chi connectivity index (χ1) is 13.4. The van der Waals surface area contributed by atoms with E-state index in [0.29, 0.717) is 12.8 Å². The minimum absolute atomic E-state index is 0.219. The lowest BCUT2D eigenvalue weighted by Gasteiger charge is -2.52. The maximum atomic E-state index is 13.0. The minimum atomic E-state index is -2.14. The van der Waals surface area contributed by atoms with Gasteiger partial charge in [0.05, 0.1) is 23.1 Å². The summed E-state index contributed by atoms with van der Waals surface area (Å²) in [7, 11) is 0. The van der Waals surface area contributed by atoms with Crippen molar-refractivity contribution in [3.63, 3.8) is 0 Å². The van der Waals surface area contributed by atoms with Crippen molar-refractivity contribution in [1.82, 2.24) is 5.32 Å². The molecule has 140 valence electrons. The third-order valence-corrected chi connectivity index (χ3v) is 6.32. The monoisotopic (exact) mass is 377 g/mol. The van der Waals surface area contributed by atoms with Crippen LogP contribution in [0.15, 0.2) is 24.3 Å². The third-order valence-electron chi connectivity index (χ3n) is 6.32. The van der Waals surface area contributed by atoms with E-state index < -0.39 is 39.4 Å². The number of carbonyl (C=O) groups excluding carboxylic acids is 1. The average molecular weight is 377 g/mol. The Morgan fingerprint density at radius 3 is 2.61 bits per heavy atom. The van der Waals surface area contributed by atoms with Gasteiger partial charge in [-0.3, -0.25) is 14.9 Å². The van der Waals surface area contributed by atoms with Crippen LogP contribution in [0.4, 0.5) is 5.69 Å². The number of ether oxygens (including phenoxy) is 1. The van der Waals surface area contributed by atoms with Crippen LogP contribution >= 0.6 is 0 Å². The molecule has 9 heteroatoms. The summed E-state index contributed by atoms with van der Waals surface area (Å²) in [4.78, 5) is 23.6. The Bertz CT molecular complexity index is 1000. The number of carbonyl (C=O) groups is 1. The Kier molecular flexibility index (Phi) is 3.68. The molecule has 1 N–H and O–H groups in total. The number of nitrogens with one attached hydrogen (secondary N) is 1. The number of hydrogen-bond acceptors (Lipinski definition) is 7. The molecule has 1 aromatic rings. The van der Waals surface area contributed by atoms with Gasteiger partial charge in [0.15, 0.2) is 5.41 Å². The first kappa shape index (κ1) is 17.9. The molecule has 0 unspecified atom stereocenters. The second-order valence-corrected chi connectivity index (χ2v) is 7.44. The van der Waals surface area contributed by atoms with E-state index in [9.17, 15) is 30.7 Å². The smallest absolute Gasteiger partial charge is 0.269 e. The normalized spacial score (nSPS) is 34.8. The summed E-state index contributed by atoms with van der Waals surface area (Å²) in [5.41, 5.74) is -5.21. The van der Waals surface area contributed by atoms with Gasteiger partial charge >= 0.3 is 0 Å². The summed E-state index contributed by atoms with van der Waals surface area (Å²) >= 11 is 0. The Labute approximate surface area is 160 Å². The standard InChI is InChI=1S/C19H15N5O4/c20-9-17(10-21)15(12-4-3-5-13(8-12)24(26)27)28-19-7-2-1-6-14(19)18(17,11-22)16(25)23-19/h3-5,8,14-15H,1-2,6-7H2,(H,23,25)/t14-,15-,18+,19-/m0/s1. The molecule has 1 amide bonds. The molecule has 2 saturated heterocycles. The first-order valence-electron chi connectivity index (χ1n) is 8.89. The van der Waals surface area contributed by atoms with Gasteiger partial charge in [-0.1, -0.05) is 18.6 Å². The minimum Gasteiger partial charge on any atom is -0.345 e. The number of hydrogen-bond donors (Lipinski definition) is 1. The summed E-state index contributed by atoms with van der Waals surface area (Å²) in [6, 6.07) is 11.3. The van der Waals surface area contributed by atoms with Crippen molar-refractivity contribution in [2.24, 2.45) is 16.7 Å². The summed E-state index contributed by atoms with van der Waals surface area (Å²) in [5, 5.41) is 44.2. The number of non-ortho nitro benzene ring substituents is 1. The van der Waals surface area contributed by atoms with Crippen LogP contribution in [0.25, 0.3) is 0 Å². The van der Waals surface area contributed by atoms with Crippen LogP contribution in [0.5, 0.6) is 0 Å². The maximum Gasteiger partial charge on any atom is 0.269 e. The zero-order chi connectivity index (χ0) is 20.2. The van der Waals surface area contributed by atoms with Crippen molar-refractivity contribution in [2.75, 3.05) is 0 Å². The third kappa shape index (κ3) is 1.88. The summed E-state index contributed by atoms with van der Waals surface area (Å²) in [6.07, 6.45) is 1.15. The van der Waals surface area contributed by atoms with Gasteiger partial charge in [-0.2, -0.15) is 15.8 Å². The van der Waals surface area contributed by atoms with Crippen molar-refractivity contribution < 1.29 is 14.5 Å². The van der Waals surface area contributed by atoms with E-state index in [4.69, 9.17) is 4.74 Å². The number of nitrogens with zero attached hydrogens (tertiary/aromatic N) is 4. The van der Waals surface area contributed by atoms with Crippen LogP contribution in [0.2, 0.25) is 0 Å². The molecular weight excluding hydrogens is 362 g/mol. The van der Waals surface area contributed by atoms with Gasteiger partial charge in [-0.15, -0.1) is 0 Å². The largest absolute Gasteiger partial charge is 0.345 e. The highest BCUT2D eigenvalue weighted by Crippen LogP contribution is 2.67. The second-order valence-electron chi connectivity index (χ2n) is 7.44. The van der Waals surface area contributed by atoms with Crippen LogP contribution in [0.1, 0.15) is 37.4 Å². The molecule has 3 fully saturated rings. The average Bonchev–Trinajstić information content (AvgIpc) is 2.92. The van der Waals surface area contributed by atoms with Gasteiger partial charge in [0.1, 0.15) is 11.8 Å². The fourth-order valence-corrected chi connectivity index (χ4v) is 5.09. The number of nitriles is 3. The molecule has 3 aliphatic rings. The predicted molar refractivity (Wildman–Crippen MR) is 91.5 cm³/mol. The zero-order valence-corrected chi connectivity index (χ0v) is 14.7. The van der Waals surface area contributed by atoms with E-state index in [1.54, 1.807) is 0 Å². The molecule has 0 spiro atoms. The number of nitro groups is 1. The number of rotatable bonds is 2. The molecule has 0 radical (unpaired) electrons. The van der Waals surface area contributed by atoms with Crippen LogP contribution in [-0.4, -0.2) is 16.6 Å². The van der Waals surface area contributed by atoms with Crippen molar-refractivity contribution >= 4 is 11.6 Å². The van der Waals surface area contributed by atoms with E-state index in [2.05, 4.69) is 5.32 Å². The highest BCUT2D eigenvalue weighted by molar-refractivity contribution is 5.92. The highest BCUT2D eigenvalue weighted by Gasteiger charge is 2.80. The van der Waals surface area contributed by atoms with E-state index in [1.165, 1.54) is 24.3 Å². The summed E-state index contributed by atoms with van der Waals surface area (Å²) in [6.45, 7) is 0. The predicted octanol–water partition coefficient (Wildman–Crippen LogP) is 2.23. The first-order valence-corrected chi connectivity index (χ1v) is 8.89. The van der Waals surface area contributed by atoms with E-state index >= 15 is 0 Å². The Morgan fingerprint density at radius 2 is 1.96 bits per heavy atom. The van der Waals surface area contributed by atoms with Crippen molar-refractivity contribution in [2.45, 2.75) is 37.5 Å². The van der Waals surface area contributed by atoms with Crippen molar-refractivity contribution in [3.8, 4) is 18.2 Å². The van der Waals surface area contributed by atoms with E-state index in [0.717, 1.165) is 12.8 Å². The molecule has 9 nitrogen and oxygen atoms in total. The topological polar surface area (TPSA) is 153 Å². The van der Waals surface area contributed by atoms with Gasteiger partial charge in [0.2, 0.25) is 11.3 Å². The van der Waals surface area contributed by atoms with Crippen LogP contribution in [-0.2, 0) is 9.53 Å². The van der Waals surface area contributed by atoms with Gasteiger partial charge in [-0.05, 0) is 24.8 Å².